The molecule has 0 radical (unpaired) electrons. The fraction of sp³-hybridized carbons (Fsp3) is 0.214. The Labute approximate surface area is 148 Å². The molecule has 2 N–H and O–H groups in total. The molecule has 0 aliphatic heterocycles. The van der Waals surface area contributed by atoms with Crippen LogP contribution in [0.4, 0.5) is 0 Å². The van der Waals surface area contributed by atoms with Crippen LogP contribution in [-0.4, -0.2) is 34.7 Å². The number of rotatable bonds is 5. The fourth-order valence-electron chi connectivity index (χ4n) is 1.48. The van der Waals surface area contributed by atoms with E-state index in [0.717, 1.165) is 11.3 Å². The van der Waals surface area contributed by atoms with E-state index in [1.165, 1.54) is 11.3 Å². The van der Waals surface area contributed by atoms with E-state index in [4.69, 9.17) is 14.9 Å². The Hall–Kier alpha value is -1.71. The highest BCUT2D eigenvalue weighted by atomic mass is 79.9. The molecule has 0 aromatic carbocycles. The SMILES string of the molecule is CCOC(=O)Cc1ccsc1C(=O)O.O=C(O)c1sccc1Br. The van der Waals surface area contributed by atoms with Gasteiger partial charge in [0.05, 0.1) is 13.0 Å². The molecule has 0 bridgehead atoms. The van der Waals surface area contributed by atoms with Crippen LogP contribution in [0.3, 0.4) is 0 Å². The first kappa shape index (κ1) is 19.3. The van der Waals surface area contributed by atoms with Gasteiger partial charge in [0.2, 0.25) is 0 Å². The Morgan fingerprint density at radius 3 is 2.09 bits per heavy atom. The molecule has 0 saturated carbocycles. The molecule has 2 aromatic rings. The van der Waals surface area contributed by atoms with Crippen molar-refractivity contribution in [3.05, 3.63) is 42.7 Å². The van der Waals surface area contributed by atoms with Gasteiger partial charge in [0.15, 0.2) is 0 Å². The number of ether oxygens (including phenoxy) is 1. The van der Waals surface area contributed by atoms with Gasteiger partial charge >= 0.3 is 17.9 Å². The topological polar surface area (TPSA) is 101 Å². The van der Waals surface area contributed by atoms with Crippen LogP contribution in [0.5, 0.6) is 0 Å². The van der Waals surface area contributed by atoms with E-state index in [1.807, 2.05) is 0 Å². The highest BCUT2D eigenvalue weighted by Gasteiger charge is 2.14. The zero-order chi connectivity index (χ0) is 17.4. The number of aromatic carboxylic acids is 2. The molecule has 0 atom stereocenters. The highest BCUT2D eigenvalue weighted by Crippen LogP contribution is 2.21. The lowest BCUT2D eigenvalue weighted by Crippen LogP contribution is -2.09. The molecule has 0 amide bonds. The lowest BCUT2D eigenvalue weighted by atomic mass is 10.2. The predicted octanol–water partition coefficient (Wildman–Crippen LogP) is 3.76. The predicted molar refractivity (Wildman–Crippen MR) is 90.6 cm³/mol. The van der Waals surface area contributed by atoms with Crippen molar-refractivity contribution in [1.82, 2.24) is 0 Å². The third-order valence-corrected chi connectivity index (χ3v) is 5.16. The van der Waals surface area contributed by atoms with Crippen molar-refractivity contribution < 1.29 is 29.3 Å². The molecule has 2 heterocycles. The molecule has 0 spiro atoms. The van der Waals surface area contributed by atoms with Crippen LogP contribution in [0, 0.1) is 0 Å². The molecular formula is C14H13BrO6S2. The van der Waals surface area contributed by atoms with Crippen LogP contribution in [0.2, 0.25) is 0 Å². The molecule has 0 unspecified atom stereocenters. The zero-order valence-corrected chi connectivity index (χ0v) is 15.2. The van der Waals surface area contributed by atoms with E-state index in [9.17, 15) is 14.4 Å². The minimum Gasteiger partial charge on any atom is -0.477 e. The number of carbonyl (C=O) groups is 3. The van der Waals surface area contributed by atoms with E-state index < -0.39 is 17.9 Å². The summed E-state index contributed by atoms with van der Waals surface area (Å²) in [6.07, 6.45) is 0.0268. The van der Waals surface area contributed by atoms with Gasteiger partial charge in [-0.25, -0.2) is 9.59 Å². The van der Waals surface area contributed by atoms with Crippen LogP contribution >= 0.6 is 38.6 Å². The monoisotopic (exact) mass is 420 g/mol. The Balaban J connectivity index is 0.000000253. The van der Waals surface area contributed by atoms with Crippen LogP contribution < -0.4 is 0 Å². The smallest absolute Gasteiger partial charge is 0.347 e. The minimum absolute atomic E-state index is 0.0268. The van der Waals surface area contributed by atoms with Crippen molar-refractivity contribution in [3.8, 4) is 0 Å². The Morgan fingerprint density at radius 2 is 1.65 bits per heavy atom. The fourth-order valence-corrected chi connectivity index (χ4v) is 3.62. The average molecular weight is 421 g/mol. The summed E-state index contributed by atoms with van der Waals surface area (Å²) < 4.78 is 5.38. The first-order valence-electron chi connectivity index (χ1n) is 6.28. The number of esters is 1. The van der Waals surface area contributed by atoms with Gasteiger partial charge in [-0.15, -0.1) is 22.7 Å². The molecule has 6 nitrogen and oxygen atoms in total. The van der Waals surface area contributed by atoms with Gasteiger partial charge in [0.25, 0.3) is 0 Å². The van der Waals surface area contributed by atoms with Crippen molar-refractivity contribution in [2.24, 2.45) is 0 Å². The van der Waals surface area contributed by atoms with E-state index >= 15 is 0 Å². The maximum atomic E-state index is 11.1. The van der Waals surface area contributed by atoms with Gasteiger partial charge in [-0.2, -0.15) is 0 Å². The molecule has 0 aliphatic carbocycles. The van der Waals surface area contributed by atoms with Gasteiger partial charge in [-0.3, -0.25) is 4.79 Å². The van der Waals surface area contributed by atoms with Crippen molar-refractivity contribution in [1.29, 1.82) is 0 Å². The molecule has 23 heavy (non-hydrogen) atoms. The average Bonchev–Trinajstić information content (AvgIpc) is 3.08. The summed E-state index contributed by atoms with van der Waals surface area (Å²) >= 11 is 5.42. The van der Waals surface area contributed by atoms with Gasteiger partial charge in [0, 0.05) is 4.47 Å². The molecule has 0 aliphatic rings. The third-order valence-electron chi connectivity index (χ3n) is 2.39. The van der Waals surface area contributed by atoms with Crippen LogP contribution in [0.1, 0.15) is 31.8 Å². The Kier molecular flexibility index (Phi) is 7.93. The number of halogens is 1. The van der Waals surface area contributed by atoms with E-state index in [-0.39, 0.29) is 11.3 Å². The van der Waals surface area contributed by atoms with Gasteiger partial charge in [0.1, 0.15) is 9.75 Å². The number of carboxylic acids is 2. The lowest BCUT2D eigenvalue weighted by Gasteiger charge is -2.00. The number of hydrogen-bond acceptors (Lipinski definition) is 6. The second-order valence-electron chi connectivity index (χ2n) is 3.96. The summed E-state index contributed by atoms with van der Waals surface area (Å²) in [6.45, 7) is 2.02. The van der Waals surface area contributed by atoms with E-state index in [2.05, 4.69) is 15.9 Å². The number of thiophene rings is 2. The summed E-state index contributed by atoms with van der Waals surface area (Å²) in [4.78, 5) is 32.6. The van der Waals surface area contributed by atoms with Crippen molar-refractivity contribution >= 4 is 56.5 Å². The summed E-state index contributed by atoms with van der Waals surface area (Å²) in [5, 5.41) is 20.6. The highest BCUT2D eigenvalue weighted by molar-refractivity contribution is 9.10. The number of hydrogen-bond donors (Lipinski definition) is 2. The first-order valence-corrected chi connectivity index (χ1v) is 8.83. The quantitative estimate of drug-likeness (QED) is 0.713. The zero-order valence-electron chi connectivity index (χ0n) is 11.9. The van der Waals surface area contributed by atoms with Crippen LogP contribution in [0.15, 0.2) is 27.4 Å². The molecular weight excluding hydrogens is 408 g/mol. The lowest BCUT2D eigenvalue weighted by molar-refractivity contribution is -0.142. The minimum atomic E-state index is -1.00. The van der Waals surface area contributed by atoms with Crippen molar-refractivity contribution in [2.45, 2.75) is 13.3 Å². The van der Waals surface area contributed by atoms with E-state index in [1.54, 1.807) is 29.8 Å². The largest absolute Gasteiger partial charge is 0.477 e. The molecule has 2 rings (SSSR count). The molecule has 0 saturated heterocycles. The van der Waals surface area contributed by atoms with Crippen molar-refractivity contribution in [3.63, 3.8) is 0 Å². The van der Waals surface area contributed by atoms with Crippen molar-refractivity contribution in [2.75, 3.05) is 6.61 Å². The first-order chi connectivity index (χ1) is 10.9. The van der Waals surface area contributed by atoms with Gasteiger partial charge < -0.3 is 14.9 Å². The summed E-state index contributed by atoms with van der Waals surface area (Å²) in [5.74, 6) is -2.27. The maximum absolute atomic E-state index is 11.1. The summed E-state index contributed by atoms with van der Waals surface area (Å²) in [5.41, 5.74) is 0.515. The second-order valence-corrected chi connectivity index (χ2v) is 6.65. The number of carboxylic acid groups (broad SMARTS) is 2. The van der Waals surface area contributed by atoms with E-state index in [0.29, 0.717) is 21.5 Å². The third kappa shape index (κ3) is 6.12. The molecule has 2 aromatic heterocycles. The summed E-state index contributed by atoms with van der Waals surface area (Å²) in [7, 11) is 0. The van der Waals surface area contributed by atoms with Crippen LogP contribution in [-0.2, 0) is 16.0 Å². The molecule has 124 valence electrons. The molecule has 9 heteroatoms. The Bertz CT molecular complexity index is 691. The van der Waals surface area contributed by atoms with Gasteiger partial charge in [-0.05, 0) is 51.3 Å². The number of carbonyl (C=O) groups excluding carboxylic acids is 1. The normalized spacial score (nSPS) is 9.65. The standard InChI is InChI=1S/C9H10O4S.C5H3BrO2S/c1-2-13-7(10)5-6-3-4-14-8(6)9(11)12;6-3-1-2-9-4(3)5(7)8/h3-4H,2,5H2,1H3,(H,11,12);1-2H,(H,7,8). The maximum Gasteiger partial charge on any atom is 0.347 e. The Morgan fingerprint density at radius 1 is 1.09 bits per heavy atom. The summed E-state index contributed by atoms with van der Waals surface area (Å²) in [6, 6.07) is 3.35. The van der Waals surface area contributed by atoms with Gasteiger partial charge in [-0.1, -0.05) is 0 Å². The second kappa shape index (κ2) is 9.43. The molecule has 0 fully saturated rings. The van der Waals surface area contributed by atoms with Crippen LogP contribution in [0.25, 0.3) is 0 Å².